The van der Waals surface area contributed by atoms with Crippen LogP contribution in [0.4, 0.5) is 5.69 Å². The van der Waals surface area contributed by atoms with Crippen LogP contribution in [0.2, 0.25) is 0 Å². The lowest BCUT2D eigenvalue weighted by Crippen LogP contribution is -2.37. The van der Waals surface area contributed by atoms with Crippen LogP contribution in [-0.4, -0.2) is 37.5 Å². The normalized spacial score (nSPS) is 15.1. The van der Waals surface area contributed by atoms with Gasteiger partial charge in [0.2, 0.25) is 5.91 Å². The van der Waals surface area contributed by atoms with Gasteiger partial charge in [-0.3, -0.25) is 14.3 Å². The molecule has 2 aromatic carbocycles. The number of thioether (sulfide) groups is 1. The third-order valence-electron chi connectivity index (χ3n) is 6.15. The molecule has 0 spiro atoms. The third kappa shape index (κ3) is 4.12. The molecular weight excluding hydrogens is 442 g/mol. The lowest BCUT2D eigenvalue weighted by atomic mass is 10.0. The first-order valence-corrected chi connectivity index (χ1v) is 12.5. The van der Waals surface area contributed by atoms with Gasteiger partial charge in [-0.15, -0.1) is 10.2 Å². The number of carbonyl (C=O) groups is 1. The van der Waals surface area contributed by atoms with Gasteiger partial charge in [-0.25, -0.2) is 0 Å². The van der Waals surface area contributed by atoms with Crippen molar-refractivity contribution in [3.05, 3.63) is 84.2 Å². The summed E-state index contributed by atoms with van der Waals surface area (Å²) in [4.78, 5) is 19.5. The highest BCUT2D eigenvalue weighted by Gasteiger charge is 2.31. The summed E-state index contributed by atoms with van der Waals surface area (Å²) in [5, 5.41) is 9.72. The number of anilines is 1. The lowest BCUT2D eigenvalue weighted by molar-refractivity contribution is -0.116. The summed E-state index contributed by atoms with van der Waals surface area (Å²) in [7, 11) is 0. The van der Waals surface area contributed by atoms with Crippen molar-refractivity contribution in [2.45, 2.75) is 44.3 Å². The van der Waals surface area contributed by atoms with Crippen LogP contribution in [0.1, 0.15) is 37.8 Å². The Morgan fingerprint density at radius 3 is 2.56 bits per heavy atom. The maximum absolute atomic E-state index is 13.3. The highest BCUT2D eigenvalue weighted by atomic mass is 32.2. The van der Waals surface area contributed by atoms with Gasteiger partial charge in [0.1, 0.15) is 0 Å². The molecule has 0 fully saturated rings. The highest BCUT2D eigenvalue weighted by Crippen LogP contribution is 2.35. The van der Waals surface area contributed by atoms with Crippen LogP contribution >= 0.6 is 11.8 Å². The number of fused-ring (bicyclic) bond motifs is 1. The minimum absolute atomic E-state index is 0.0806. The van der Waals surface area contributed by atoms with Gasteiger partial charge in [0, 0.05) is 29.7 Å². The summed E-state index contributed by atoms with van der Waals surface area (Å²) in [6.45, 7) is 6.45. The van der Waals surface area contributed by atoms with Crippen LogP contribution < -0.4 is 4.90 Å². The molecule has 1 aliphatic heterocycles. The standard InChI is InChI=1S/C27H27N5OS/c1-18(2)22-11-5-7-13-24(22)32-26(21-10-8-14-28-16-21)29-30-27(32)34-17-25(33)31-19(3)15-20-9-4-6-12-23(20)31/h4-14,16,18-19H,15,17H2,1-3H3/t19-/m0/s1. The molecule has 0 saturated heterocycles. The molecule has 1 aliphatic rings. The minimum Gasteiger partial charge on any atom is -0.308 e. The fourth-order valence-electron chi connectivity index (χ4n) is 4.58. The lowest BCUT2D eigenvalue weighted by Gasteiger charge is -2.22. The van der Waals surface area contributed by atoms with Crippen molar-refractivity contribution in [3.63, 3.8) is 0 Å². The quantitative estimate of drug-likeness (QED) is 0.348. The molecular formula is C27H27N5OS. The summed E-state index contributed by atoms with van der Waals surface area (Å²) in [6, 6.07) is 20.5. The Balaban J connectivity index is 1.50. The first kappa shape index (κ1) is 22.3. The van der Waals surface area contributed by atoms with Crippen LogP contribution in [0.5, 0.6) is 0 Å². The zero-order valence-electron chi connectivity index (χ0n) is 19.5. The molecule has 0 saturated carbocycles. The van der Waals surface area contributed by atoms with E-state index in [1.807, 2.05) is 41.3 Å². The fourth-order valence-corrected chi connectivity index (χ4v) is 5.39. The van der Waals surface area contributed by atoms with Crippen molar-refractivity contribution >= 4 is 23.4 Å². The van der Waals surface area contributed by atoms with E-state index in [2.05, 4.69) is 64.8 Å². The fraction of sp³-hybridized carbons (Fsp3) is 0.259. The van der Waals surface area contributed by atoms with Gasteiger partial charge in [-0.05, 0) is 54.7 Å². The van der Waals surface area contributed by atoms with E-state index in [1.54, 1.807) is 12.4 Å². The minimum atomic E-state index is 0.0806. The second-order valence-electron chi connectivity index (χ2n) is 8.83. The van der Waals surface area contributed by atoms with Crippen LogP contribution in [-0.2, 0) is 11.2 Å². The van der Waals surface area contributed by atoms with Crippen molar-refractivity contribution in [1.29, 1.82) is 0 Å². The van der Waals surface area contributed by atoms with Crippen LogP contribution in [0.3, 0.4) is 0 Å². The Labute approximate surface area is 204 Å². The first-order chi connectivity index (χ1) is 16.5. The Kier molecular flexibility index (Phi) is 6.20. The number of hydrogen-bond donors (Lipinski definition) is 0. The van der Waals surface area contributed by atoms with Crippen molar-refractivity contribution in [2.24, 2.45) is 0 Å². The van der Waals surface area contributed by atoms with Crippen LogP contribution in [0.15, 0.2) is 78.2 Å². The summed E-state index contributed by atoms with van der Waals surface area (Å²) in [5.74, 6) is 1.41. The van der Waals surface area contributed by atoms with Crippen LogP contribution in [0.25, 0.3) is 17.1 Å². The number of benzene rings is 2. The zero-order valence-corrected chi connectivity index (χ0v) is 20.4. The number of para-hydroxylation sites is 2. The monoisotopic (exact) mass is 469 g/mol. The van der Waals surface area contributed by atoms with Gasteiger partial charge in [0.25, 0.3) is 0 Å². The molecule has 1 amide bonds. The SMILES string of the molecule is CC(C)c1ccccc1-n1c(SCC(=O)N2c3ccccc3C[C@@H]2C)nnc1-c1cccnc1. The maximum Gasteiger partial charge on any atom is 0.237 e. The smallest absolute Gasteiger partial charge is 0.237 e. The van der Waals surface area contributed by atoms with E-state index in [9.17, 15) is 4.79 Å². The molecule has 0 radical (unpaired) electrons. The first-order valence-electron chi connectivity index (χ1n) is 11.5. The Morgan fingerprint density at radius 1 is 1.03 bits per heavy atom. The van der Waals surface area contributed by atoms with Crippen molar-refractivity contribution in [3.8, 4) is 17.1 Å². The molecule has 2 aromatic heterocycles. The number of hydrogen-bond acceptors (Lipinski definition) is 5. The van der Waals surface area contributed by atoms with Crippen molar-refractivity contribution < 1.29 is 4.79 Å². The molecule has 172 valence electrons. The number of amides is 1. The van der Waals surface area contributed by atoms with Crippen LogP contribution in [0, 0.1) is 0 Å². The molecule has 4 aromatic rings. The summed E-state index contributed by atoms with van der Waals surface area (Å²) in [6.07, 6.45) is 4.42. The average Bonchev–Trinajstić information content (AvgIpc) is 3.43. The predicted octanol–water partition coefficient (Wildman–Crippen LogP) is 5.52. The molecule has 0 unspecified atom stereocenters. The summed E-state index contributed by atoms with van der Waals surface area (Å²) in [5.41, 5.74) is 5.34. The number of pyridine rings is 1. The molecule has 0 N–H and O–H groups in total. The van der Waals surface area contributed by atoms with E-state index < -0.39 is 0 Å². The van der Waals surface area contributed by atoms with E-state index in [4.69, 9.17) is 0 Å². The van der Waals surface area contributed by atoms with Gasteiger partial charge < -0.3 is 4.90 Å². The van der Waals surface area contributed by atoms with E-state index in [0.29, 0.717) is 11.1 Å². The molecule has 34 heavy (non-hydrogen) atoms. The van der Waals surface area contributed by atoms with E-state index in [-0.39, 0.29) is 17.7 Å². The Hall–Kier alpha value is -3.45. The molecule has 5 rings (SSSR count). The van der Waals surface area contributed by atoms with Crippen molar-refractivity contribution in [2.75, 3.05) is 10.7 Å². The molecule has 1 atom stereocenters. The van der Waals surface area contributed by atoms with E-state index >= 15 is 0 Å². The number of nitrogens with zero attached hydrogens (tertiary/aromatic N) is 5. The number of rotatable bonds is 6. The second-order valence-corrected chi connectivity index (χ2v) is 9.77. The highest BCUT2D eigenvalue weighted by molar-refractivity contribution is 7.99. The van der Waals surface area contributed by atoms with Gasteiger partial charge >= 0.3 is 0 Å². The number of aromatic nitrogens is 4. The van der Waals surface area contributed by atoms with Crippen molar-refractivity contribution in [1.82, 2.24) is 19.7 Å². The summed E-state index contributed by atoms with van der Waals surface area (Å²) < 4.78 is 2.06. The van der Waals surface area contributed by atoms with E-state index in [1.165, 1.54) is 22.9 Å². The topological polar surface area (TPSA) is 63.9 Å². The zero-order chi connectivity index (χ0) is 23.7. The molecule has 0 bridgehead atoms. The average molecular weight is 470 g/mol. The van der Waals surface area contributed by atoms with Gasteiger partial charge in [-0.1, -0.05) is 62.0 Å². The third-order valence-corrected chi connectivity index (χ3v) is 7.07. The van der Waals surface area contributed by atoms with E-state index in [0.717, 1.165) is 29.2 Å². The van der Waals surface area contributed by atoms with Gasteiger partial charge in [-0.2, -0.15) is 0 Å². The largest absolute Gasteiger partial charge is 0.308 e. The molecule has 3 heterocycles. The van der Waals surface area contributed by atoms with Gasteiger partial charge in [0.15, 0.2) is 11.0 Å². The molecule has 7 heteroatoms. The molecule has 6 nitrogen and oxygen atoms in total. The predicted molar refractivity (Wildman–Crippen MR) is 136 cm³/mol. The Morgan fingerprint density at radius 2 is 1.79 bits per heavy atom. The Bertz CT molecular complexity index is 1320. The summed E-state index contributed by atoms with van der Waals surface area (Å²) >= 11 is 1.43. The van der Waals surface area contributed by atoms with Gasteiger partial charge in [0.05, 0.1) is 11.4 Å². The second kappa shape index (κ2) is 9.43. The maximum atomic E-state index is 13.3. The number of carbonyl (C=O) groups excluding carboxylic acids is 1. The molecule has 0 aliphatic carbocycles.